The van der Waals surface area contributed by atoms with E-state index < -0.39 is 23.0 Å². The Bertz CT molecular complexity index is 1450. The number of aromatic nitrogens is 1. The van der Waals surface area contributed by atoms with E-state index >= 15 is 0 Å². The van der Waals surface area contributed by atoms with Gasteiger partial charge < -0.3 is 25.2 Å². The minimum Gasteiger partial charge on any atom is -0.504 e. The third-order valence-corrected chi connectivity index (χ3v) is 6.06. The number of methoxy groups -OCH3 is 1. The number of pyridine rings is 1. The second-order valence-electron chi connectivity index (χ2n) is 8.47. The smallest absolute Gasteiger partial charge is 0.240 e. The zero-order valence-corrected chi connectivity index (χ0v) is 19.2. The van der Waals surface area contributed by atoms with Crippen molar-refractivity contribution in [1.29, 1.82) is 0 Å². The molecule has 182 valence electrons. The highest BCUT2D eigenvalue weighted by Gasteiger charge is 2.56. The van der Waals surface area contributed by atoms with Crippen molar-refractivity contribution in [2.24, 2.45) is 5.41 Å². The van der Waals surface area contributed by atoms with Crippen LogP contribution < -0.4 is 20.1 Å². The lowest BCUT2D eigenvalue weighted by molar-refractivity contribution is -0.131. The monoisotopic (exact) mass is 487 g/mol. The Morgan fingerprint density at radius 3 is 2.11 bits per heavy atom. The van der Waals surface area contributed by atoms with Crippen LogP contribution in [-0.2, 0) is 9.59 Å². The summed E-state index contributed by atoms with van der Waals surface area (Å²) in [6.07, 6.45) is 2.45. The van der Waals surface area contributed by atoms with Gasteiger partial charge in [0, 0.05) is 29.0 Å². The predicted octanol–water partition coefficient (Wildman–Crippen LogP) is 5.24. The van der Waals surface area contributed by atoms with Gasteiger partial charge in [-0.05, 0) is 73.5 Å². The Labute approximate surface area is 205 Å². The molecule has 0 spiro atoms. The molecule has 9 heteroatoms. The largest absolute Gasteiger partial charge is 0.504 e. The number of carbonyl (C=O) groups is 2. The molecule has 2 amide bonds. The topological polar surface area (TPSA) is 110 Å². The van der Waals surface area contributed by atoms with Crippen molar-refractivity contribution < 1.29 is 28.6 Å². The number of phenols is 1. The quantitative estimate of drug-likeness (QED) is 0.308. The summed E-state index contributed by atoms with van der Waals surface area (Å²) in [5, 5.41) is 16.2. The number of rotatable bonds is 7. The van der Waals surface area contributed by atoms with E-state index in [0.29, 0.717) is 52.4 Å². The number of nitrogens with one attached hydrogen (secondary N) is 2. The fraction of sp³-hybridized carbons (Fsp3) is 0.148. The third kappa shape index (κ3) is 4.50. The number of anilines is 2. The van der Waals surface area contributed by atoms with Crippen molar-refractivity contribution >= 4 is 34.1 Å². The Hall–Kier alpha value is -4.66. The second-order valence-corrected chi connectivity index (χ2v) is 8.47. The third-order valence-electron chi connectivity index (χ3n) is 6.06. The first-order chi connectivity index (χ1) is 17.4. The van der Waals surface area contributed by atoms with Crippen LogP contribution in [0.3, 0.4) is 0 Å². The molecule has 1 aliphatic rings. The van der Waals surface area contributed by atoms with E-state index in [2.05, 4.69) is 15.6 Å². The minimum absolute atomic E-state index is 0.0293. The van der Waals surface area contributed by atoms with Crippen LogP contribution in [0.1, 0.15) is 12.8 Å². The molecular formula is C27H22FN3O5. The maximum atomic E-state index is 13.1. The number of halogens is 1. The highest BCUT2D eigenvalue weighted by atomic mass is 19.1. The molecule has 36 heavy (non-hydrogen) atoms. The number of phenolic OH excluding ortho intramolecular Hbond substituents is 1. The molecule has 0 bridgehead atoms. The number of ether oxygens (including phenoxy) is 2. The van der Waals surface area contributed by atoms with Crippen molar-refractivity contribution in [3.05, 3.63) is 78.7 Å². The molecule has 5 rings (SSSR count). The first kappa shape index (κ1) is 23.1. The maximum absolute atomic E-state index is 13.1. The Balaban J connectivity index is 1.26. The molecule has 0 radical (unpaired) electrons. The van der Waals surface area contributed by atoms with E-state index in [-0.39, 0.29) is 5.75 Å². The van der Waals surface area contributed by atoms with E-state index in [1.165, 1.54) is 37.4 Å². The van der Waals surface area contributed by atoms with Crippen molar-refractivity contribution in [3.8, 4) is 23.0 Å². The number of benzene rings is 3. The molecule has 0 unspecified atom stereocenters. The molecule has 0 aliphatic heterocycles. The molecule has 4 aromatic rings. The van der Waals surface area contributed by atoms with Crippen LogP contribution >= 0.6 is 0 Å². The molecule has 1 fully saturated rings. The summed E-state index contributed by atoms with van der Waals surface area (Å²) in [7, 11) is 1.46. The van der Waals surface area contributed by atoms with Gasteiger partial charge in [-0.15, -0.1) is 0 Å². The van der Waals surface area contributed by atoms with Crippen LogP contribution in [0.25, 0.3) is 10.9 Å². The normalized spacial score (nSPS) is 13.6. The van der Waals surface area contributed by atoms with Gasteiger partial charge in [-0.25, -0.2) is 4.39 Å². The Morgan fingerprint density at radius 1 is 0.917 bits per heavy atom. The van der Waals surface area contributed by atoms with Crippen LogP contribution in [0, 0.1) is 11.2 Å². The molecule has 3 aromatic carbocycles. The highest BCUT2D eigenvalue weighted by Crippen LogP contribution is 2.47. The summed E-state index contributed by atoms with van der Waals surface area (Å²) in [5.74, 6) is 0.0478. The number of amides is 2. The van der Waals surface area contributed by atoms with E-state index in [1.807, 2.05) is 0 Å². The van der Waals surface area contributed by atoms with Crippen molar-refractivity contribution in [1.82, 2.24) is 4.98 Å². The summed E-state index contributed by atoms with van der Waals surface area (Å²) in [6, 6.07) is 16.9. The molecule has 1 heterocycles. The molecule has 1 aliphatic carbocycles. The van der Waals surface area contributed by atoms with Gasteiger partial charge in [-0.1, -0.05) is 0 Å². The molecule has 1 saturated carbocycles. The van der Waals surface area contributed by atoms with Gasteiger partial charge >= 0.3 is 0 Å². The van der Waals surface area contributed by atoms with Gasteiger partial charge in [0.05, 0.1) is 12.6 Å². The van der Waals surface area contributed by atoms with Crippen molar-refractivity contribution in [3.63, 3.8) is 0 Å². The van der Waals surface area contributed by atoms with Crippen LogP contribution in [0.15, 0.2) is 72.9 Å². The number of hydrogen-bond donors (Lipinski definition) is 3. The van der Waals surface area contributed by atoms with Gasteiger partial charge in [0.25, 0.3) is 0 Å². The summed E-state index contributed by atoms with van der Waals surface area (Å²) >= 11 is 0. The fourth-order valence-electron chi connectivity index (χ4n) is 3.84. The lowest BCUT2D eigenvalue weighted by Gasteiger charge is -2.16. The number of aromatic hydroxyl groups is 1. The first-order valence-electron chi connectivity index (χ1n) is 11.2. The van der Waals surface area contributed by atoms with Crippen LogP contribution in [0.4, 0.5) is 15.8 Å². The van der Waals surface area contributed by atoms with Gasteiger partial charge in [-0.2, -0.15) is 0 Å². The van der Waals surface area contributed by atoms with E-state index in [1.54, 1.807) is 42.6 Å². The van der Waals surface area contributed by atoms with E-state index in [0.717, 1.165) is 0 Å². The molecule has 1 aromatic heterocycles. The molecule has 0 saturated heterocycles. The van der Waals surface area contributed by atoms with Gasteiger partial charge in [-0.3, -0.25) is 14.6 Å². The molecule has 8 nitrogen and oxygen atoms in total. The predicted molar refractivity (Wildman–Crippen MR) is 132 cm³/mol. The summed E-state index contributed by atoms with van der Waals surface area (Å²) < 4.78 is 24.2. The molecule has 0 atom stereocenters. The zero-order chi connectivity index (χ0) is 25.3. The average Bonchev–Trinajstić information content (AvgIpc) is 3.69. The summed E-state index contributed by atoms with van der Waals surface area (Å²) in [6.45, 7) is 0. The molecule has 3 N–H and O–H groups in total. The zero-order valence-electron chi connectivity index (χ0n) is 19.2. The van der Waals surface area contributed by atoms with E-state index in [4.69, 9.17) is 9.47 Å². The number of hydrogen-bond acceptors (Lipinski definition) is 6. The number of nitrogens with zero attached hydrogens (tertiary/aromatic N) is 1. The van der Waals surface area contributed by atoms with Crippen LogP contribution in [0.5, 0.6) is 23.0 Å². The SMILES string of the molecule is COc1cc2nccc(Oc3ccc(NC(=O)C4(C(=O)Nc5ccc(F)cc5)CC4)cc3)c2cc1O. The van der Waals surface area contributed by atoms with Gasteiger partial charge in [0.1, 0.15) is 22.7 Å². The fourth-order valence-corrected chi connectivity index (χ4v) is 3.84. The average molecular weight is 487 g/mol. The van der Waals surface area contributed by atoms with E-state index in [9.17, 15) is 19.1 Å². The second kappa shape index (κ2) is 9.18. The first-order valence-corrected chi connectivity index (χ1v) is 11.2. The standard InChI is InChI=1S/C27H22FN3O5/c1-35-24-15-21-20(14-22(24)32)23(10-13-29-21)36-19-8-6-18(7-9-19)31-26(34)27(11-12-27)25(33)30-17-4-2-16(28)3-5-17/h2-10,13-15,32H,11-12H2,1H3,(H,30,33)(H,31,34). The number of fused-ring (bicyclic) bond motifs is 1. The molecular weight excluding hydrogens is 465 g/mol. The van der Waals surface area contributed by atoms with Crippen LogP contribution in [-0.4, -0.2) is 29.0 Å². The van der Waals surface area contributed by atoms with Crippen LogP contribution in [0.2, 0.25) is 0 Å². The summed E-state index contributed by atoms with van der Waals surface area (Å²) in [5.41, 5.74) is 0.384. The Morgan fingerprint density at radius 2 is 1.53 bits per heavy atom. The number of carbonyl (C=O) groups excluding carboxylic acids is 2. The Kier molecular flexibility index (Phi) is 5.89. The minimum atomic E-state index is -1.15. The summed E-state index contributed by atoms with van der Waals surface area (Å²) in [4.78, 5) is 29.9. The van der Waals surface area contributed by atoms with Crippen molar-refractivity contribution in [2.45, 2.75) is 12.8 Å². The lowest BCUT2D eigenvalue weighted by Crippen LogP contribution is -2.35. The lowest BCUT2D eigenvalue weighted by atomic mass is 10.0. The maximum Gasteiger partial charge on any atom is 0.240 e. The van der Waals surface area contributed by atoms with Gasteiger partial charge in [0.15, 0.2) is 11.5 Å². The van der Waals surface area contributed by atoms with Gasteiger partial charge in [0.2, 0.25) is 11.8 Å². The highest BCUT2D eigenvalue weighted by molar-refractivity contribution is 6.16. The van der Waals surface area contributed by atoms with Crippen molar-refractivity contribution in [2.75, 3.05) is 17.7 Å².